The van der Waals surface area contributed by atoms with Crippen LogP contribution in [0.1, 0.15) is 11.1 Å². The van der Waals surface area contributed by atoms with Gasteiger partial charge in [-0.25, -0.2) is 4.98 Å². The van der Waals surface area contributed by atoms with Crippen LogP contribution in [-0.4, -0.2) is 59.8 Å². The van der Waals surface area contributed by atoms with E-state index in [4.69, 9.17) is 4.98 Å². The second kappa shape index (κ2) is 11.9. The fourth-order valence-corrected chi connectivity index (χ4v) is 5.51. The summed E-state index contributed by atoms with van der Waals surface area (Å²) >= 11 is 0. The molecule has 220 valence electrons. The lowest BCUT2D eigenvalue weighted by atomic mass is 10.1. The maximum absolute atomic E-state index is 13.7. The van der Waals surface area contributed by atoms with E-state index in [0.29, 0.717) is 17.9 Å². The van der Waals surface area contributed by atoms with Gasteiger partial charge in [0.25, 0.3) is 0 Å². The zero-order valence-corrected chi connectivity index (χ0v) is 23.8. The number of hydrogen-bond donors (Lipinski definition) is 0. The number of nitrogens with zero attached hydrogens (tertiary/aromatic N) is 5. The van der Waals surface area contributed by atoms with E-state index in [1.54, 1.807) is 36.4 Å². The smallest absolute Gasteiger partial charge is 0.369 e. The predicted molar refractivity (Wildman–Crippen MR) is 164 cm³/mol. The van der Waals surface area contributed by atoms with Crippen molar-refractivity contribution in [3.8, 4) is 11.4 Å². The number of rotatable bonds is 7. The molecule has 9 heteroatoms. The quantitative estimate of drug-likeness (QED) is 0.217. The summed E-state index contributed by atoms with van der Waals surface area (Å²) in [6.45, 7) is 4.07. The van der Waals surface area contributed by atoms with Gasteiger partial charge in [-0.3, -0.25) is 4.79 Å². The van der Waals surface area contributed by atoms with E-state index >= 15 is 0 Å². The number of aromatic nitrogens is 2. The standard InChI is InChI=1S/C34H32F3N5O/c1-39-19-21-40(22-20-39)28-15-11-26(12-16-28)23-41(33(43)34(35,36)37)29-17-13-27(14-18-29)32-38-30-9-5-6-10-31(30)42(32)24-25-7-3-2-4-8-25/h2-18H,19-24H2,1H3. The number of halogens is 3. The minimum atomic E-state index is -5.01. The molecule has 0 unspecified atom stereocenters. The molecule has 1 aromatic heterocycles. The van der Waals surface area contributed by atoms with Gasteiger partial charge in [0.05, 0.1) is 17.6 Å². The van der Waals surface area contributed by atoms with Crippen LogP contribution in [0.5, 0.6) is 0 Å². The lowest BCUT2D eigenvalue weighted by Gasteiger charge is -2.34. The first kappa shape index (κ1) is 28.5. The second-order valence-corrected chi connectivity index (χ2v) is 10.9. The number of carbonyl (C=O) groups excluding carboxylic acids is 1. The number of imidazole rings is 1. The molecule has 1 fully saturated rings. The Balaban J connectivity index is 1.28. The number of carbonyl (C=O) groups is 1. The lowest BCUT2D eigenvalue weighted by molar-refractivity contribution is -0.170. The number of piperazine rings is 1. The normalized spacial score (nSPS) is 14.3. The SMILES string of the molecule is CN1CCN(c2ccc(CN(C(=O)C(F)(F)F)c3ccc(-c4nc5ccccc5n4Cc4ccccc4)cc3)cc2)CC1. The molecular weight excluding hydrogens is 551 g/mol. The summed E-state index contributed by atoms with van der Waals surface area (Å²) in [5, 5.41) is 0. The van der Waals surface area contributed by atoms with Gasteiger partial charge in [0, 0.05) is 49.7 Å². The largest absolute Gasteiger partial charge is 0.471 e. The summed E-state index contributed by atoms with van der Waals surface area (Å²) < 4.78 is 43.3. The summed E-state index contributed by atoms with van der Waals surface area (Å²) in [7, 11) is 2.08. The van der Waals surface area contributed by atoms with E-state index in [1.807, 2.05) is 66.7 Å². The van der Waals surface area contributed by atoms with Gasteiger partial charge in [-0.2, -0.15) is 13.2 Å². The number of likely N-dealkylation sites (N-methyl/N-ethyl adjacent to an activating group) is 1. The Labute approximate surface area is 248 Å². The maximum Gasteiger partial charge on any atom is 0.471 e. The van der Waals surface area contributed by atoms with Crippen molar-refractivity contribution < 1.29 is 18.0 Å². The Hall–Kier alpha value is -4.63. The number of amides is 1. The van der Waals surface area contributed by atoms with Gasteiger partial charge in [0.2, 0.25) is 0 Å². The molecule has 5 aromatic rings. The van der Waals surface area contributed by atoms with Crippen molar-refractivity contribution in [1.29, 1.82) is 0 Å². The van der Waals surface area contributed by atoms with E-state index in [-0.39, 0.29) is 12.2 Å². The Morgan fingerprint density at radius 2 is 1.44 bits per heavy atom. The molecular formula is C34H32F3N5O. The van der Waals surface area contributed by atoms with E-state index in [2.05, 4.69) is 21.4 Å². The summed E-state index contributed by atoms with van der Waals surface area (Å²) in [4.78, 5) is 22.8. The van der Waals surface area contributed by atoms with Gasteiger partial charge in [-0.05, 0) is 66.7 Å². The molecule has 1 aliphatic heterocycles. The van der Waals surface area contributed by atoms with Crippen LogP contribution in [0, 0.1) is 0 Å². The number of para-hydroxylation sites is 2. The highest BCUT2D eigenvalue weighted by Gasteiger charge is 2.43. The molecule has 1 aliphatic rings. The fourth-order valence-electron chi connectivity index (χ4n) is 5.51. The molecule has 0 atom stereocenters. The molecule has 1 saturated heterocycles. The zero-order valence-electron chi connectivity index (χ0n) is 23.8. The number of fused-ring (bicyclic) bond motifs is 1. The highest BCUT2D eigenvalue weighted by molar-refractivity contribution is 5.97. The maximum atomic E-state index is 13.7. The third kappa shape index (κ3) is 6.27. The van der Waals surface area contributed by atoms with Crippen molar-refractivity contribution in [3.05, 3.63) is 114 Å². The molecule has 0 spiro atoms. The Morgan fingerprint density at radius 1 is 0.791 bits per heavy atom. The summed E-state index contributed by atoms with van der Waals surface area (Å²) in [5.74, 6) is -1.20. The molecule has 6 rings (SSSR count). The molecule has 0 N–H and O–H groups in total. The highest BCUT2D eigenvalue weighted by atomic mass is 19.4. The van der Waals surface area contributed by atoms with Gasteiger partial charge in [-0.1, -0.05) is 54.6 Å². The Kier molecular flexibility index (Phi) is 7.90. The highest BCUT2D eigenvalue weighted by Crippen LogP contribution is 2.31. The van der Waals surface area contributed by atoms with Crippen LogP contribution in [0.4, 0.5) is 24.5 Å². The molecule has 4 aromatic carbocycles. The predicted octanol–water partition coefficient (Wildman–Crippen LogP) is 6.60. The fraction of sp³-hybridized carbons (Fsp3) is 0.235. The van der Waals surface area contributed by atoms with Crippen LogP contribution < -0.4 is 9.80 Å². The monoisotopic (exact) mass is 583 g/mol. The molecule has 0 aliphatic carbocycles. The minimum absolute atomic E-state index is 0.167. The lowest BCUT2D eigenvalue weighted by Crippen LogP contribution is -2.44. The first-order valence-electron chi connectivity index (χ1n) is 14.3. The third-order valence-electron chi connectivity index (χ3n) is 7.91. The van der Waals surface area contributed by atoms with Crippen LogP contribution in [0.2, 0.25) is 0 Å². The van der Waals surface area contributed by atoms with Crippen molar-refractivity contribution in [3.63, 3.8) is 0 Å². The number of hydrogen-bond acceptors (Lipinski definition) is 4. The Bertz CT molecular complexity index is 1690. The van der Waals surface area contributed by atoms with Gasteiger partial charge >= 0.3 is 12.1 Å². The molecule has 2 heterocycles. The van der Waals surface area contributed by atoms with Crippen molar-refractivity contribution >= 4 is 28.3 Å². The van der Waals surface area contributed by atoms with Crippen molar-refractivity contribution in [2.75, 3.05) is 43.0 Å². The van der Waals surface area contributed by atoms with Crippen LogP contribution in [0.3, 0.4) is 0 Å². The first-order valence-corrected chi connectivity index (χ1v) is 14.3. The summed E-state index contributed by atoms with van der Waals surface area (Å²) in [6.07, 6.45) is -5.01. The molecule has 0 bridgehead atoms. The van der Waals surface area contributed by atoms with E-state index in [0.717, 1.165) is 58.9 Å². The van der Waals surface area contributed by atoms with Crippen molar-refractivity contribution in [2.45, 2.75) is 19.3 Å². The van der Waals surface area contributed by atoms with Crippen molar-refractivity contribution in [2.24, 2.45) is 0 Å². The van der Waals surface area contributed by atoms with Crippen LogP contribution in [0.15, 0.2) is 103 Å². The summed E-state index contributed by atoms with van der Waals surface area (Å²) in [6, 6.07) is 31.8. The third-order valence-corrected chi connectivity index (χ3v) is 7.91. The van der Waals surface area contributed by atoms with E-state index in [9.17, 15) is 18.0 Å². The number of anilines is 2. The van der Waals surface area contributed by atoms with Gasteiger partial charge in [0.15, 0.2) is 0 Å². The van der Waals surface area contributed by atoms with Gasteiger partial charge < -0.3 is 19.3 Å². The van der Waals surface area contributed by atoms with Crippen LogP contribution in [0.25, 0.3) is 22.4 Å². The first-order chi connectivity index (χ1) is 20.8. The second-order valence-electron chi connectivity index (χ2n) is 10.9. The molecule has 1 amide bonds. The molecule has 0 radical (unpaired) electrons. The van der Waals surface area contributed by atoms with Gasteiger partial charge in [-0.15, -0.1) is 0 Å². The topological polar surface area (TPSA) is 44.6 Å². The summed E-state index contributed by atoms with van der Waals surface area (Å²) in [5.41, 5.74) is 5.43. The van der Waals surface area contributed by atoms with E-state index in [1.165, 1.54) is 0 Å². The Morgan fingerprint density at radius 3 is 2.12 bits per heavy atom. The number of benzene rings is 4. The average molecular weight is 584 g/mol. The average Bonchev–Trinajstić information content (AvgIpc) is 3.38. The zero-order chi connectivity index (χ0) is 30.0. The number of alkyl halides is 3. The van der Waals surface area contributed by atoms with E-state index < -0.39 is 12.1 Å². The molecule has 6 nitrogen and oxygen atoms in total. The van der Waals surface area contributed by atoms with Crippen LogP contribution in [-0.2, 0) is 17.9 Å². The van der Waals surface area contributed by atoms with Crippen LogP contribution >= 0.6 is 0 Å². The minimum Gasteiger partial charge on any atom is -0.369 e. The van der Waals surface area contributed by atoms with Gasteiger partial charge in [0.1, 0.15) is 5.82 Å². The molecule has 43 heavy (non-hydrogen) atoms. The van der Waals surface area contributed by atoms with Crippen molar-refractivity contribution in [1.82, 2.24) is 14.5 Å². The molecule has 0 saturated carbocycles.